The normalized spacial score (nSPS) is 14.1. The average molecular weight is 445 g/mol. The molecule has 3 N–H and O–H groups in total. The first-order valence-electron chi connectivity index (χ1n) is 10.3. The van der Waals surface area contributed by atoms with Gasteiger partial charge in [0.25, 0.3) is 5.91 Å². The Kier molecular flexibility index (Phi) is 6.43. The van der Waals surface area contributed by atoms with Gasteiger partial charge in [0.1, 0.15) is 10.9 Å². The van der Waals surface area contributed by atoms with Crippen LogP contribution >= 0.6 is 11.8 Å². The van der Waals surface area contributed by atoms with Gasteiger partial charge in [-0.3, -0.25) is 20.6 Å². The Morgan fingerprint density at radius 3 is 2.69 bits per heavy atom. The summed E-state index contributed by atoms with van der Waals surface area (Å²) in [6, 6.07) is 10.9. The van der Waals surface area contributed by atoms with E-state index in [4.69, 9.17) is 10.8 Å². The fourth-order valence-electron chi connectivity index (χ4n) is 3.50. The molecule has 0 unspecified atom stereocenters. The highest BCUT2D eigenvalue weighted by Crippen LogP contribution is 2.23. The van der Waals surface area contributed by atoms with Gasteiger partial charge in [0, 0.05) is 42.0 Å². The van der Waals surface area contributed by atoms with Gasteiger partial charge in [-0.15, -0.1) is 0 Å². The van der Waals surface area contributed by atoms with Crippen LogP contribution in [0.2, 0.25) is 0 Å². The van der Waals surface area contributed by atoms with Crippen LogP contribution in [0.15, 0.2) is 54.9 Å². The molecule has 1 amide bonds. The van der Waals surface area contributed by atoms with Crippen LogP contribution in [-0.4, -0.2) is 51.0 Å². The zero-order valence-electron chi connectivity index (χ0n) is 18.0. The number of likely N-dealkylation sites (N-methyl/N-ethyl adjacent to an activating group) is 1. The topological polar surface area (TPSA) is 106 Å². The molecule has 2 aromatic heterocycles. The SMILES string of the molecule is CC(=N)SC(=N)c1ccc2cnc(NC(=O)c3ccnc(C4=CCN(C)CC4)c3)cc2c1. The Morgan fingerprint density at radius 2 is 1.94 bits per heavy atom. The van der Waals surface area contributed by atoms with Crippen molar-refractivity contribution in [3.8, 4) is 0 Å². The molecule has 1 aliphatic heterocycles. The lowest BCUT2D eigenvalue weighted by atomic mass is 10.0. The Morgan fingerprint density at radius 1 is 1.09 bits per heavy atom. The van der Waals surface area contributed by atoms with Crippen molar-refractivity contribution in [3.63, 3.8) is 0 Å². The number of nitrogens with one attached hydrogen (secondary N) is 3. The smallest absolute Gasteiger partial charge is 0.256 e. The second-order valence-corrected chi connectivity index (χ2v) is 8.97. The first kappa shape index (κ1) is 21.9. The minimum atomic E-state index is -0.243. The minimum absolute atomic E-state index is 0.243. The van der Waals surface area contributed by atoms with E-state index in [1.807, 2.05) is 24.3 Å². The molecule has 0 fully saturated rings. The molecule has 0 atom stereocenters. The summed E-state index contributed by atoms with van der Waals surface area (Å²) in [4.78, 5) is 23.9. The lowest BCUT2D eigenvalue weighted by Crippen LogP contribution is -2.24. The largest absolute Gasteiger partial charge is 0.307 e. The number of aromatic nitrogens is 2. The molecule has 0 radical (unpaired) electrons. The molecule has 8 heteroatoms. The van der Waals surface area contributed by atoms with E-state index in [9.17, 15) is 4.79 Å². The van der Waals surface area contributed by atoms with Crippen molar-refractivity contribution in [2.24, 2.45) is 0 Å². The van der Waals surface area contributed by atoms with Gasteiger partial charge in [0.15, 0.2) is 0 Å². The maximum atomic E-state index is 12.9. The van der Waals surface area contributed by atoms with Gasteiger partial charge in [-0.05, 0) is 55.6 Å². The number of carbonyl (C=O) groups excluding carboxylic acids is 1. The van der Waals surface area contributed by atoms with E-state index in [0.29, 0.717) is 21.5 Å². The quantitative estimate of drug-likeness (QED) is 0.401. The maximum absolute atomic E-state index is 12.9. The molecule has 0 bridgehead atoms. The van der Waals surface area contributed by atoms with Crippen molar-refractivity contribution in [1.82, 2.24) is 14.9 Å². The van der Waals surface area contributed by atoms with Crippen molar-refractivity contribution in [2.45, 2.75) is 13.3 Å². The summed E-state index contributed by atoms with van der Waals surface area (Å²) in [5.74, 6) is 0.201. The molecule has 0 aliphatic carbocycles. The van der Waals surface area contributed by atoms with Gasteiger partial charge in [0.2, 0.25) is 0 Å². The van der Waals surface area contributed by atoms with E-state index in [1.54, 1.807) is 31.5 Å². The van der Waals surface area contributed by atoms with Crippen LogP contribution in [-0.2, 0) is 0 Å². The number of hydrogen-bond donors (Lipinski definition) is 3. The zero-order valence-corrected chi connectivity index (χ0v) is 18.8. The lowest BCUT2D eigenvalue weighted by molar-refractivity contribution is 0.102. The van der Waals surface area contributed by atoms with Gasteiger partial charge >= 0.3 is 0 Å². The molecule has 4 rings (SSSR count). The van der Waals surface area contributed by atoms with E-state index < -0.39 is 0 Å². The van der Waals surface area contributed by atoms with E-state index in [-0.39, 0.29) is 5.91 Å². The van der Waals surface area contributed by atoms with Crippen molar-refractivity contribution in [1.29, 1.82) is 10.8 Å². The number of hydrogen-bond acceptors (Lipinski definition) is 7. The Labute approximate surface area is 191 Å². The van der Waals surface area contributed by atoms with Crippen molar-refractivity contribution >= 4 is 49.9 Å². The molecule has 3 heterocycles. The van der Waals surface area contributed by atoms with Crippen LogP contribution in [0.25, 0.3) is 16.3 Å². The second-order valence-electron chi connectivity index (χ2n) is 7.74. The monoisotopic (exact) mass is 444 g/mol. The number of benzene rings is 1. The van der Waals surface area contributed by atoms with Crippen molar-refractivity contribution in [2.75, 3.05) is 25.5 Å². The standard InChI is InChI=1S/C24H24N6OS/c1-15(25)32-23(26)17-3-4-19-14-28-22(13-20(19)11-17)29-24(31)18-5-8-27-21(12-18)16-6-9-30(2)10-7-16/h3-6,8,11-14,25-26H,7,9-10H2,1-2H3,(H,28,29,31). The van der Waals surface area contributed by atoms with Crippen LogP contribution in [0.3, 0.4) is 0 Å². The van der Waals surface area contributed by atoms with Crippen LogP contribution in [0, 0.1) is 10.8 Å². The number of thioether (sulfide) groups is 1. The van der Waals surface area contributed by atoms with Gasteiger partial charge in [-0.1, -0.05) is 30.0 Å². The molecule has 1 aliphatic rings. The molecule has 162 valence electrons. The summed E-state index contributed by atoms with van der Waals surface area (Å²) in [5, 5.41) is 21.1. The molecule has 32 heavy (non-hydrogen) atoms. The van der Waals surface area contributed by atoms with Gasteiger partial charge in [-0.25, -0.2) is 4.98 Å². The van der Waals surface area contributed by atoms with Crippen LogP contribution < -0.4 is 5.32 Å². The Hall–Kier alpha value is -3.36. The summed E-state index contributed by atoms with van der Waals surface area (Å²) in [6.45, 7) is 3.51. The highest BCUT2D eigenvalue weighted by molar-refractivity contribution is 8.26. The second kappa shape index (κ2) is 9.42. The molecule has 0 saturated carbocycles. The van der Waals surface area contributed by atoms with E-state index in [2.05, 4.69) is 33.3 Å². The summed E-state index contributed by atoms with van der Waals surface area (Å²) < 4.78 is 0. The van der Waals surface area contributed by atoms with Gasteiger partial charge in [-0.2, -0.15) is 0 Å². The summed E-state index contributed by atoms with van der Waals surface area (Å²) in [5.41, 5.74) is 3.25. The highest BCUT2D eigenvalue weighted by Gasteiger charge is 2.14. The average Bonchev–Trinajstić information content (AvgIpc) is 2.78. The van der Waals surface area contributed by atoms with Crippen molar-refractivity contribution in [3.05, 3.63) is 71.7 Å². The van der Waals surface area contributed by atoms with E-state index >= 15 is 0 Å². The number of rotatable bonds is 4. The number of pyridine rings is 2. The minimum Gasteiger partial charge on any atom is -0.307 e. The predicted molar refractivity (Wildman–Crippen MR) is 132 cm³/mol. The molecule has 1 aromatic carbocycles. The summed E-state index contributed by atoms with van der Waals surface area (Å²) in [6.07, 6.45) is 6.44. The Bertz CT molecular complexity index is 1250. The third-order valence-corrected chi connectivity index (χ3v) is 5.99. The Balaban J connectivity index is 1.54. The summed E-state index contributed by atoms with van der Waals surface area (Å²) in [7, 11) is 2.08. The number of carbonyl (C=O) groups is 1. The fourth-order valence-corrected chi connectivity index (χ4v) is 4.05. The molecular formula is C24H24N6OS. The predicted octanol–water partition coefficient (Wildman–Crippen LogP) is 4.66. The third-order valence-electron chi connectivity index (χ3n) is 5.24. The van der Waals surface area contributed by atoms with Crippen molar-refractivity contribution < 1.29 is 4.79 Å². The lowest BCUT2D eigenvalue weighted by Gasteiger charge is -2.21. The molecule has 0 spiro atoms. The fraction of sp³-hybridized carbons (Fsp3) is 0.208. The molecule has 7 nitrogen and oxygen atoms in total. The first-order chi connectivity index (χ1) is 15.4. The number of anilines is 1. The molecule has 3 aromatic rings. The number of amides is 1. The van der Waals surface area contributed by atoms with Crippen LogP contribution in [0.1, 0.15) is 35.0 Å². The third kappa shape index (κ3) is 5.09. The number of fused-ring (bicyclic) bond motifs is 1. The van der Waals surface area contributed by atoms with Crippen LogP contribution in [0.4, 0.5) is 5.82 Å². The zero-order chi connectivity index (χ0) is 22.7. The van der Waals surface area contributed by atoms with Gasteiger partial charge < -0.3 is 10.2 Å². The van der Waals surface area contributed by atoms with Crippen LogP contribution in [0.5, 0.6) is 0 Å². The van der Waals surface area contributed by atoms with E-state index in [1.165, 1.54) is 0 Å². The molecule has 0 saturated heterocycles. The van der Waals surface area contributed by atoms with E-state index in [0.717, 1.165) is 58.9 Å². The van der Waals surface area contributed by atoms with Gasteiger partial charge in [0.05, 0.1) is 10.7 Å². The number of nitrogens with zero attached hydrogens (tertiary/aromatic N) is 3. The first-order valence-corrected chi connectivity index (χ1v) is 11.1. The maximum Gasteiger partial charge on any atom is 0.256 e. The summed E-state index contributed by atoms with van der Waals surface area (Å²) >= 11 is 1.11. The molecular weight excluding hydrogens is 420 g/mol. The highest BCUT2D eigenvalue weighted by atomic mass is 32.2.